The average Bonchev–Trinajstić information content (AvgIpc) is 3.04. The molecule has 160 valence electrons. The fraction of sp³-hybridized carbons (Fsp3) is 0.842. The van der Waals surface area contributed by atoms with Crippen LogP contribution in [0.4, 0.5) is 0 Å². The zero-order valence-corrected chi connectivity index (χ0v) is 18.4. The Bertz CT molecular complexity index is 575. The summed E-state index contributed by atoms with van der Waals surface area (Å²) in [6, 6.07) is 0. The summed E-state index contributed by atoms with van der Waals surface area (Å²) in [6.45, 7) is 7.57. The van der Waals surface area contributed by atoms with Gasteiger partial charge in [-0.2, -0.15) is 11.8 Å². The zero-order valence-electron chi connectivity index (χ0n) is 17.6. The number of guanidine groups is 1. The molecule has 0 bridgehead atoms. The molecular weight excluding hydrogens is 376 g/mol. The highest BCUT2D eigenvalue weighted by atomic mass is 32.2. The van der Waals surface area contributed by atoms with E-state index < -0.39 is 0 Å². The third-order valence-electron chi connectivity index (χ3n) is 4.83. The zero-order chi connectivity index (χ0) is 20.0. The molecule has 0 aliphatic carbocycles. The maximum absolute atomic E-state index is 5.84. The van der Waals surface area contributed by atoms with Crippen molar-refractivity contribution in [1.82, 2.24) is 25.4 Å². The van der Waals surface area contributed by atoms with E-state index in [4.69, 9.17) is 9.47 Å². The molecule has 1 fully saturated rings. The van der Waals surface area contributed by atoms with Gasteiger partial charge in [-0.1, -0.05) is 0 Å². The van der Waals surface area contributed by atoms with Crippen LogP contribution in [0.15, 0.2) is 4.99 Å². The topological polar surface area (TPSA) is 85.6 Å². The molecule has 2 heterocycles. The smallest absolute Gasteiger partial charge is 0.191 e. The Kier molecular flexibility index (Phi) is 11.3. The van der Waals surface area contributed by atoms with Crippen molar-refractivity contribution in [3.8, 4) is 0 Å². The average molecular weight is 413 g/mol. The van der Waals surface area contributed by atoms with E-state index in [2.05, 4.69) is 32.1 Å². The molecule has 8 nitrogen and oxygen atoms in total. The predicted molar refractivity (Wildman–Crippen MR) is 115 cm³/mol. The summed E-state index contributed by atoms with van der Waals surface area (Å²) in [7, 11) is 1.97. The Morgan fingerprint density at radius 3 is 2.68 bits per heavy atom. The van der Waals surface area contributed by atoms with Crippen LogP contribution in [-0.2, 0) is 23.1 Å². The minimum absolute atomic E-state index is 0.509. The SMILES string of the molecule is CSCCCNC(=NCc1nnc(C)n1C)NCCCOCC1CCOCC1. The number of nitrogens with one attached hydrogen (secondary N) is 2. The van der Waals surface area contributed by atoms with Gasteiger partial charge in [0.15, 0.2) is 11.8 Å². The van der Waals surface area contributed by atoms with Gasteiger partial charge in [0.1, 0.15) is 12.4 Å². The van der Waals surface area contributed by atoms with Gasteiger partial charge in [-0.3, -0.25) is 0 Å². The normalized spacial score (nSPS) is 15.8. The van der Waals surface area contributed by atoms with Crippen LogP contribution in [0.5, 0.6) is 0 Å². The van der Waals surface area contributed by atoms with E-state index in [9.17, 15) is 0 Å². The van der Waals surface area contributed by atoms with Crippen molar-refractivity contribution in [2.45, 2.75) is 39.2 Å². The first-order chi connectivity index (χ1) is 13.7. The molecular formula is C19H36N6O2S. The summed E-state index contributed by atoms with van der Waals surface area (Å²) in [5.41, 5.74) is 0. The van der Waals surface area contributed by atoms with Crippen molar-refractivity contribution in [3.05, 3.63) is 11.6 Å². The maximum Gasteiger partial charge on any atom is 0.191 e. The summed E-state index contributed by atoms with van der Waals surface area (Å²) in [5, 5.41) is 15.1. The minimum Gasteiger partial charge on any atom is -0.381 e. The first-order valence-corrected chi connectivity index (χ1v) is 11.6. The summed E-state index contributed by atoms with van der Waals surface area (Å²) in [4.78, 5) is 4.67. The van der Waals surface area contributed by atoms with Crippen molar-refractivity contribution >= 4 is 17.7 Å². The van der Waals surface area contributed by atoms with E-state index in [-0.39, 0.29) is 0 Å². The molecule has 0 spiro atoms. The second kappa shape index (κ2) is 13.8. The molecule has 0 aromatic carbocycles. The van der Waals surface area contributed by atoms with Crippen LogP contribution < -0.4 is 10.6 Å². The van der Waals surface area contributed by atoms with E-state index in [0.29, 0.717) is 12.5 Å². The monoisotopic (exact) mass is 412 g/mol. The number of ether oxygens (including phenoxy) is 2. The maximum atomic E-state index is 5.84. The van der Waals surface area contributed by atoms with Crippen molar-refractivity contribution in [3.63, 3.8) is 0 Å². The largest absolute Gasteiger partial charge is 0.381 e. The lowest BCUT2D eigenvalue weighted by molar-refractivity contribution is 0.0203. The Morgan fingerprint density at radius 2 is 2.00 bits per heavy atom. The number of aliphatic imine (C=N–C) groups is 1. The first kappa shape index (κ1) is 23.0. The number of nitrogens with zero attached hydrogens (tertiary/aromatic N) is 4. The first-order valence-electron chi connectivity index (χ1n) is 10.2. The van der Waals surface area contributed by atoms with E-state index in [1.807, 2.05) is 30.3 Å². The highest BCUT2D eigenvalue weighted by Crippen LogP contribution is 2.14. The van der Waals surface area contributed by atoms with E-state index >= 15 is 0 Å². The predicted octanol–water partition coefficient (Wildman–Crippen LogP) is 1.75. The van der Waals surface area contributed by atoms with Crippen LogP contribution in [-0.4, -0.2) is 72.2 Å². The summed E-state index contributed by atoms with van der Waals surface area (Å²) in [6.07, 6.45) is 6.44. The molecule has 1 aromatic heterocycles. The molecule has 0 saturated carbocycles. The lowest BCUT2D eigenvalue weighted by Crippen LogP contribution is -2.39. The standard InChI is InChI=1S/C19H36N6O2S/c1-16-23-24-18(25(16)2)14-22-19(21-9-5-13-28-3)20-8-4-10-27-15-17-6-11-26-12-7-17/h17H,4-15H2,1-3H3,(H2,20,21,22). The number of aromatic nitrogens is 3. The summed E-state index contributed by atoms with van der Waals surface area (Å²) >= 11 is 1.86. The quantitative estimate of drug-likeness (QED) is 0.307. The fourth-order valence-corrected chi connectivity index (χ4v) is 3.31. The van der Waals surface area contributed by atoms with Gasteiger partial charge in [0.25, 0.3) is 0 Å². The molecule has 2 rings (SSSR count). The van der Waals surface area contributed by atoms with Gasteiger partial charge in [0.2, 0.25) is 0 Å². The lowest BCUT2D eigenvalue weighted by Gasteiger charge is -2.21. The molecule has 1 aromatic rings. The second-order valence-corrected chi connectivity index (χ2v) is 8.06. The highest BCUT2D eigenvalue weighted by Gasteiger charge is 2.13. The third kappa shape index (κ3) is 8.79. The Hall–Kier alpha value is -1.32. The molecule has 1 saturated heterocycles. The van der Waals surface area contributed by atoms with E-state index in [1.165, 1.54) is 0 Å². The van der Waals surface area contributed by atoms with Crippen molar-refractivity contribution in [1.29, 1.82) is 0 Å². The van der Waals surface area contributed by atoms with Crippen molar-refractivity contribution in [2.24, 2.45) is 18.0 Å². The van der Waals surface area contributed by atoms with E-state index in [1.54, 1.807) is 0 Å². The van der Waals surface area contributed by atoms with Gasteiger partial charge in [0.05, 0.1) is 0 Å². The Morgan fingerprint density at radius 1 is 1.25 bits per heavy atom. The van der Waals surface area contributed by atoms with Crippen LogP contribution in [0, 0.1) is 12.8 Å². The van der Waals surface area contributed by atoms with Crippen LogP contribution in [0.2, 0.25) is 0 Å². The number of hydrogen-bond donors (Lipinski definition) is 2. The second-order valence-electron chi connectivity index (χ2n) is 7.07. The van der Waals surface area contributed by atoms with Crippen LogP contribution in [0.25, 0.3) is 0 Å². The molecule has 2 N–H and O–H groups in total. The minimum atomic E-state index is 0.509. The van der Waals surface area contributed by atoms with Crippen LogP contribution in [0.3, 0.4) is 0 Å². The summed E-state index contributed by atoms with van der Waals surface area (Å²) in [5.74, 6) is 4.39. The van der Waals surface area contributed by atoms with Crippen LogP contribution >= 0.6 is 11.8 Å². The van der Waals surface area contributed by atoms with Gasteiger partial charge in [0, 0.05) is 46.6 Å². The van der Waals surface area contributed by atoms with Gasteiger partial charge >= 0.3 is 0 Å². The number of hydrogen-bond acceptors (Lipinski definition) is 6. The number of rotatable bonds is 12. The van der Waals surface area contributed by atoms with Crippen LogP contribution in [0.1, 0.15) is 37.3 Å². The summed E-state index contributed by atoms with van der Waals surface area (Å²) < 4.78 is 13.2. The molecule has 1 aliphatic rings. The highest BCUT2D eigenvalue weighted by molar-refractivity contribution is 7.98. The molecule has 0 radical (unpaired) electrons. The Labute approximate surface area is 173 Å². The number of thioether (sulfide) groups is 1. The number of aryl methyl sites for hydroxylation is 1. The van der Waals surface area contributed by atoms with Gasteiger partial charge < -0.3 is 24.7 Å². The van der Waals surface area contributed by atoms with Crippen molar-refractivity contribution in [2.75, 3.05) is 51.5 Å². The van der Waals surface area contributed by atoms with Gasteiger partial charge in [-0.25, -0.2) is 4.99 Å². The molecule has 9 heteroatoms. The lowest BCUT2D eigenvalue weighted by atomic mass is 10.0. The molecule has 1 aliphatic heterocycles. The van der Waals surface area contributed by atoms with Gasteiger partial charge in [-0.05, 0) is 50.5 Å². The molecule has 28 heavy (non-hydrogen) atoms. The fourth-order valence-electron chi connectivity index (χ4n) is 2.88. The molecule has 0 unspecified atom stereocenters. The molecule has 0 amide bonds. The van der Waals surface area contributed by atoms with E-state index in [0.717, 1.165) is 88.6 Å². The van der Waals surface area contributed by atoms with Gasteiger partial charge in [-0.15, -0.1) is 10.2 Å². The molecule has 0 atom stereocenters. The van der Waals surface area contributed by atoms with Crippen molar-refractivity contribution < 1.29 is 9.47 Å². The Balaban J connectivity index is 1.68. The third-order valence-corrected chi connectivity index (χ3v) is 5.53.